The predicted octanol–water partition coefficient (Wildman–Crippen LogP) is 5.04. The van der Waals surface area contributed by atoms with Gasteiger partial charge in [0.2, 0.25) is 0 Å². The van der Waals surface area contributed by atoms with Gasteiger partial charge in [0.15, 0.2) is 0 Å². The SMILES string of the molecule is Cc1c(NC(=O)Nc2ccccc2Cl)sc2nc3n(c(=O)c12)CC[C@H](C)CC3. The number of fused-ring (bicyclic) bond motifs is 2. The lowest BCUT2D eigenvalue weighted by Crippen LogP contribution is -2.24. The van der Waals surface area contributed by atoms with Gasteiger partial charge >= 0.3 is 6.03 Å². The fraction of sp³-hybridized carbons (Fsp3) is 0.350. The van der Waals surface area contributed by atoms with Gasteiger partial charge in [-0.25, -0.2) is 9.78 Å². The predicted molar refractivity (Wildman–Crippen MR) is 115 cm³/mol. The highest BCUT2D eigenvalue weighted by Gasteiger charge is 2.21. The Morgan fingerprint density at radius 2 is 2.07 bits per heavy atom. The zero-order valence-corrected chi connectivity index (χ0v) is 17.3. The van der Waals surface area contributed by atoms with Crippen LogP contribution in [-0.2, 0) is 13.0 Å². The monoisotopic (exact) mass is 416 g/mol. The average Bonchev–Trinajstić information content (AvgIpc) is 2.83. The Balaban J connectivity index is 1.65. The van der Waals surface area contributed by atoms with Crippen molar-refractivity contribution >= 4 is 49.9 Å². The molecule has 0 spiro atoms. The molecule has 1 aromatic carbocycles. The summed E-state index contributed by atoms with van der Waals surface area (Å²) in [5, 5.41) is 7.25. The van der Waals surface area contributed by atoms with E-state index in [2.05, 4.69) is 17.6 Å². The number of aryl methyl sites for hydroxylation is 2. The fourth-order valence-corrected chi connectivity index (χ4v) is 4.76. The van der Waals surface area contributed by atoms with Gasteiger partial charge in [-0.2, -0.15) is 0 Å². The molecule has 2 aromatic heterocycles. The third kappa shape index (κ3) is 3.52. The molecule has 0 radical (unpaired) electrons. The number of para-hydroxylation sites is 1. The van der Waals surface area contributed by atoms with Crippen molar-refractivity contribution in [3.63, 3.8) is 0 Å². The lowest BCUT2D eigenvalue weighted by Gasteiger charge is -2.08. The molecule has 6 nitrogen and oxygen atoms in total. The van der Waals surface area contributed by atoms with Crippen LogP contribution in [-0.4, -0.2) is 15.6 Å². The number of anilines is 2. The van der Waals surface area contributed by atoms with E-state index in [1.165, 1.54) is 11.3 Å². The highest BCUT2D eigenvalue weighted by atomic mass is 35.5. The number of hydrogen-bond acceptors (Lipinski definition) is 4. The molecule has 3 heterocycles. The number of amides is 2. The van der Waals surface area contributed by atoms with Crippen LogP contribution < -0.4 is 16.2 Å². The van der Waals surface area contributed by atoms with Crippen molar-refractivity contribution in [2.24, 2.45) is 5.92 Å². The molecule has 2 N–H and O–H groups in total. The van der Waals surface area contributed by atoms with Crippen molar-refractivity contribution in [3.8, 4) is 0 Å². The Labute approximate surface area is 171 Å². The molecule has 0 saturated carbocycles. The summed E-state index contributed by atoms with van der Waals surface area (Å²) in [4.78, 5) is 30.9. The number of urea groups is 1. The summed E-state index contributed by atoms with van der Waals surface area (Å²) in [5.41, 5.74) is 1.27. The smallest absolute Gasteiger partial charge is 0.306 e. The van der Waals surface area contributed by atoms with Crippen LogP contribution >= 0.6 is 22.9 Å². The van der Waals surface area contributed by atoms with Crippen molar-refractivity contribution in [3.05, 3.63) is 51.0 Å². The van der Waals surface area contributed by atoms with Gasteiger partial charge in [0.1, 0.15) is 15.7 Å². The number of benzene rings is 1. The normalized spacial score (nSPS) is 16.5. The molecule has 0 saturated heterocycles. The highest BCUT2D eigenvalue weighted by Crippen LogP contribution is 2.33. The third-order valence-corrected chi connectivity index (χ3v) is 6.62. The van der Waals surface area contributed by atoms with Crippen molar-refractivity contribution in [1.82, 2.24) is 9.55 Å². The second-order valence-electron chi connectivity index (χ2n) is 7.21. The first-order valence-electron chi connectivity index (χ1n) is 9.29. The van der Waals surface area contributed by atoms with Gasteiger partial charge in [-0.15, -0.1) is 0 Å². The van der Waals surface area contributed by atoms with E-state index in [0.29, 0.717) is 38.4 Å². The van der Waals surface area contributed by atoms with Crippen LogP contribution in [0.4, 0.5) is 15.5 Å². The summed E-state index contributed by atoms with van der Waals surface area (Å²) in [6.45, 7) is 4.76. The summed E-state index contributed by atoms with van der Waals surface area (Å²) in [5.74, 6) is 1.43. The number of hydrogen-bond donors (Lipinski definition) is 2. The number of carbonyl (C=O) groups is 1. The van der Waals surface area contributed by atoms with Gasteiger partial charge in [0.25, 0.3) is 5.56 Å². The number of nitrogens with zero attached hydrogens (tertiary/aromatic N) is 2. The Hall–Kier alpha value is -2.38. The average molecular weight is 417 g/mol. The highest BCUT2D eigenvalue weighted by molar-refractivity contribution is 7.22. The number of thiophene rings is 1. The first-order chi connectivity index (χ1) is 13.4. The van der Waals surface area contributed by atoms with E-state index in [9.17, 15) is 9.59 Å². The van der Waals surface area contributed by atoms with Crippen LogP contribution in [0.15, 0.2) is 29.1 Å². The molecule has 0 fully saturated rings. The molecule has 0 aliphatic carbocycles. The Morgan fingerprint density at radius 3 is 2.86 bits per heavy atom. The topological polar surface area (TPSA) is 76.0 Å². The molecule has 1 atom stereocenters. The van der Waals surface area contributed by atoms with Crippen LogP contribution in [0.3, 0.4) is 0 Å². The molecule has 28 heavy (non-hydrogen) atoms. The summed E-state index contributed by atoms with van der Waals surface area (Å²) in [6.07, 6.45) is 2.82. The summed E-state index contributed by atoms with van der Waals surface area (Å²) >= 11 is 7.42. The molecule has 1 aliphatic rings. The lowest BCUT2D eigenvalue weighted by atomic mass is 10.0. The van der Waals surface area contributed by atoms with Gasteiger partial charge in [-0.1, -0.05) is 42.0 Å². The molecule has 4 rings (SSSR count). The number of nitrogens with one attached hydrogen (secondary N) is 2. The maximum absolute atomic E-state index is 13.1. The van der Waals surface area contributed by atoms with Crippen molar-refractivity contribution < 1.29 is 4.79 Å². The van der Waals surface area contributed by atoms with Crippen LogP contribution in [0.25, 0.3) is 10.2 Å². The molecular weight excluding hydrogens is 396 g/mol. The molecule has 1 aliphatic heterocycles. The maximum Gasteiger partial charge on any atom is 0.324 e. The van der Waals surface area contributed by atoms with Gasteiger partial charge < -0.3 is 5.32 Å². The van der Waals surface area contributed by atoms with Crippen LogP contribution in [0.1, 0.15) is 31.2 Å². The van der Waals surface area contributed by atoms with E-state index in [4.69, 9.17) is 16.6 Å². The molecular formula is C20H21ClN4O2S. The largest absolute Gasteiger partial charge is 0.324 e. The minimum atomic E-state index is -0.404. The Bertz CT molecular complexity index is 1120. The standard InChI is InChI=1S/C20H21ClN4O2S/c1-11-7-8-15-23-18-16(19(26)25(15)10-9-11)12(2)17(28-18)24-20(27)22-14-6-4-3-5-13(14)21/h3-6,11H,7-10H2,1-2H3,(H2,22,24,27)/t11-/m1/s1. The van der Waals surface area contributed by atoms with Crippen molar-refractivity contribution in [1.29, 1.82) is 0 Å². The second-order valence-corrected chi connectivity index (χ2v) is 8.62. The number of aromatic nitrogens is 2. The van der Waals surface area contributed by atoms with Gasteiger partial charge in [-0.05, 0) is 43.4 Å². The third-order valence-electron chi connectivity index (χ3n) is 5.18. The fourth-order valence-electron chi connectivity index (χ4n) is 3.49. The molecule has 2 amide bonds. The first-order valence-corrected chi connectivity index (χ1v) is 10.5. The Kier molecular flexibility index (Phi) is 5.12. The molecule has 8 heteroatoms. The quantitative estimate of drug-likeness (QED) is 0.614. The molecule has 0 unspecified atom stereocenters. The van der Waals surface area contributed by atoms with Crippen LogP contribution in [0.2, 0.25) is 5.02 Å². The van der Waals surface area contributed by atoms with Crippen LogP contribution in [0.5, 0.6) is 0 Å². The number of halogens is 1. The van der Waals surface area contributed by atoms with Crippen molar-refractivity contribution in [2.45, 2.75) is 39.7 Å². The van der Waals surface area contributed by atoms with Gasteiger partial charge in [-0.3, -0.25) is 14.7 Å². The van der Waals surface area contributed by atoms with E-state index >= 15 is 0 Å². The molecule has 3 aromatic rings. The van der Waals surface area contributed by atoms with E-state index in [1.807, 2.05) is 6.92 Å². The first kappa shape index (κ1) is 19.0. The minimum absolute atomic E-state index is 0.0117. The minimum Gasteiger partial charge on any atom is -0.306 e. The number of rotatable bonds is 2. The van der Waals surface area contributed by atoms with E-state index in [1.54, 1.807) is 28.8 Å². The molecule has 146 valence electrons. The van der Waals surface area contributed by atoms with Crippen molar-refractivity contribution in [2.75, 3.05) is 10.6 Å². The zero-order chi connectivity index (χ0) is 19.8. The zero-order valence-electron chi connectivity index (χ0n) is 15.7. The van der Waals surface area contributed by atoms with Gasteiger partial charge in [0, 0.05) is 13.0 Å². The lowest BCUT2D eigenvalue weighted by molar-refractivity contribution is 0.262. The van der Waals surface area contributed by atoms with E-state index < -0.39 is 6.03 Å². The van der Waals surface area contributed by atoms with Crippen LogP contribution in [0, 0.1) is 12.8 Å². The maximum atomic E-state index is 13.1. The second kappa shape index (κ2) is 7.56. The van der Waals surface area contributed by atoms with E-state index in [0.717, 1.165) is 30.7 Å². The van der Waals surface area contributed by atoms with E-state index in [-0.39, 0.29) is 5.56 Å². The Morgan fingerprint density at radius 1 is 1.29 bits per heavy atom. The summed E-state index contributed by atoms with van der Waals surface area (Å²) in [6, 6.07) is 6.63. The molecule has 0 bridgehead atoms. The number of carbonyl (C=O) groups excluding carboxylic acids is 1. The van der Waals surface area contributed by atoms with Gasteiger partial charge in [0.05, 0.1) is 16.1 Å². The summed E-state index contributed by atoms with van der Waals surface area (Å²) in [7, 11) is 0. The summed E-state index contributed by atoms with van der Waals surface area (Å²) < 4.78 is 1.80.